The van der Waals surface area contributed by atoms with Crippen LogP contribution in [0.15, 0.2) is 40.4 Å². The zero-order valence-corrected chi connectivity index (χ0v) is 18.4. The van der Waals surface area contributed by atoms with Gasteiger partial charge in [-0.1, -0.05) is 12.1 Å². The van der Waals surface area contributed by atoms with E-state index in [4.69, 9.17) is 10.00 Å². The molecule has 1 amide bonds. The first-order chi connectivity index (χ1) is 12.8. The second kappa shape index (κ2) is 9.54. The highest BCUT2D eigenvalue weighted by Gasteiger charge is 2.13. The van der Waals surface area contributed by atoms with E-state index in [9.17, 15) is 10.1 Å². The van der Waals surface area contributed by atoms with Gasteiger partial charge in [0.2, 0.25) is 0 Å². The van der Waals surface area contributed by atoms with E-state index >= 15 is 0 Å². The summed E-state index contributed by atoms with van der Waals surface area (Å²) in [6.45, 7) is 3.77. The summed E-state index contributed by atoms with van der Waals surface area (Å²) in [6, 6.07) is 13.1. The lowest BCUT2D eigenvalue weighted by Crippen LogP contribution is -2.14. The minimum Gasteiger partial charge on any atom is -0.476 e. The molecule has 0 aromatic heterocycles. The molecule has 0 saturated heterocycles. The predicted octanol–water partition coefficient (Wildman–Crippen LogP) is 5.12. The first kappa shape index (κ1) is 20.9. The van der Waals surface area contributed by atoms with Gasteiger partial charge in [0.25, 0.3) is 5.91 Å². The highest BCUT2D eigenvalue weighted by Crippen LogP contribution is 2.32. The number of rotatable bonds is 5. The second-order valence-corrected chi connectivity index (χ2v) is 7.72. The summed E-state index contributed by atoms with van der Waals surface area (Å²) in [5.41, 5.74) is 3.28. The van der Waals surface area contributed by atoms with Crippen LogP contribution in [0.2, 0.25) is 0 Å². The lowest BCUT2D eigenvalue weighted by molar-refractivity contribution is -0.112. The topological polar surface area (TPSA) is 85.9 Å². The summed E-state index contributed by atoms with van der Waals surface area (Å²) in [7, 11) is 0. The maximum Gasteiger partial charge on any atom is 0.266 e. The molecule has 0 radical (unpaired) electrons. The van der Waals surface area contributed by atoms with Crippen LogP contribution >= 0.6 is 38.5 Å². The van der Waals surface area contributed by atoms with Crippen molar-refractivity contribution in [3.8, 4) is 17.9 Å². The zero-order valence-electron chi connectivity index (χ0n) is 14.6. The number of nitriles is 2. The fourth-order valence-electron chi connectivity index (χ4n) is 2.28. The maximum atomic E-state index is 12.5. The first-order valence-electron chi connectivity index (χ1n) is 7.85. The smallest absolute Gasteiger partial charge is 0.266 e. The molecule has 0 aliphatic carbocycles. The average Bonchev–Trinajstić information content (AvgIpc) is 2.62. The first-order valence-corrected chi connectivity index (χ1v) is 9.72. The van der Waals surface area contributed by atoms with Crippen LogP contribution in [0.4, 0.5) is 5.69 Å². The van der Waals surface area contributed by atoms with Crippen molar-refractivity contribution in [3.63, 3.8) is 0 Å². The van der Waals surface area contributed by atoms with Gasteiger partial charge >= 0.3 is 0 Å². The molecule has 5 nitrogen and oxygen atoms in total. The van der Waals surface area contributed by atoms with E-state index in [1.54, 1.807) is 12.1 Å². The van der Waals surface area contributed by atoms with E-state index in [1.165, 1.54) is 6.08 Å². The number of anilines is 1. The highest BCUT2D eigenvalue weighted by atomic mass is 127. The number of hydrogen-bond donors (Lipinski definition) is 1. The van der Waals surface area contributed by atoms with Crippen LogP contribution in [0.1, 0.15) is 16.7 Å². The van der Waals surface area contributed by atoms with Crippen LogP contribution in [0.3, 0.4) is 0 Å². The quantitative estimate of drug-likeness (QED) is 0.327. The number of benzene rings is 2. The summed E-state index contributed by atoms with van der Waals surface area (Å²) < 4.78 is 6.78. The van der Waals surface area contributed by atoms with Gasteiger partial charge in [0, 0.05) is 5.69 Å². The Hall–Kier alpha value is -2.36. The third kappa shape index (κ3) is 5.56. The SMILES string of the molecule is Cc1ccc(C)c(NC(=O)/C(C#N)=C/c2cc(Br)c(OCC#N)c(I)c2)c1. The number of halogens is 2. The number of carbonyl (C=O) groups excluding carboxylic acids is 1. The molecule has 0 aliphatic rings. The van der Waals surface area contributed by atoms with Gasteiger partial charge in [0.15, 0.2) is 6.61 Å². The van der Waals surface area contributed by atoms with Crippen LogP contribution in [0, 0.1) is 40.1 Å². The molecule has 1 N–H and O–H groups in total. The van der Waals surface area contributed by atoms with Gasteiger partial charge in [-0.3, -0.25) is 4.79 Å². The molecule has 0 unspecified atom stereocenters. The second-order valence-electron chi connectivity index (χ2n) is 5.70. The Labute approximate surface area is 179 Å². The van der Waals surface area contributed by atoms with Crippen molar-refractivity contribution in [1.29, 1.82) is 10.5 Å². The molecule has 0 aliphatic heterocycles. The Morgan fingerprint density at radius 1 is 1.30 bits per heavy atom. The molecular formula is C20H15BrIN3O2. The maximum absolute atomic E-state index is 12.5. The van der Waals surface area contributed by atoms with Crippen LogP contribution in [-0.4, -0.2) is 12.5 Å². The van der Waals surface area contributed by atoms with E-state index in [2.05, 4.69) is 43.8 Å². The standard InChI is InChI=1S/C20H15BrIN3O2/c1-12-3-4-13(2)18(7-12)25-20(26)15(11-24)8-14-9-16(21)19(17(22)10-14)27-6-5-23/h3-4,7-10H,6H2,1-2H3,(H,25,26)/b15-8+. The molecule has 0 atom stereocenters. The molecule has 0 heterocycles. The summed E-state index contributed by atoms with van der Waals surface area (Å²) in [6.07, 6.45) is 1.52. The van der Waals surface area contributed by atoms with E-state index in [0.29, 0.717) is 21.5 Å². The van der Waals surface area contributed by atoms with Gasteiger partial charge in [0.05, 0.1) is 8.04 Å². The van der Waals surface area contributed by atoms with Crippen LogP contribution in [0.25, 0.3) is 6.08 Å². The number of amides is 1. The van der Waals surface area contributed by atoms with Crippen molar-refractivity contribution in [2.24, 2.45) is 0 Å². The van der Waals surface area contributed by atoms with Crippen LogP contribution in [0.5, 0.6) is 5.75 Å². The van der Waals surface area contributed by atoms with Gasteiger partial charge in [-0.2, -0.15) is 10.5 Å². The molecule has 2 rings (SSSR count). The van der Waals surface area contributed by atoms with E-state index in [-0.39, 0.29) is 12.2 Å². The van der Waals surface area contributed by atoms with Crippen molar-refractivity contribution in [3.05, 3.63) is 60.6 Å². The van der Waals surface area contributed by atoms with Crippen LogP contribution in [-0.2, 0) is 4.79 Å². The molecule has 2 aromatic rings. The number of ether oxygens (including phenoxy) is 1. The Kier molecular flexibility index (Phi) is 7.40. The third-order valence-electron chi connectivity index (χ3n) is 3.62. The summed E-state index contributed by atoms with van der Waals surface area (Å²) >= 11 is 5.47. The summed E-state index contributed by atoms with van der Waals surface area (Å²) in [4.78, 5) is 12.5. The van der Waals surface area contributed by atoms with Gasteiger partial charge < -0.3 is 10.1 Å². The molecule has 136 valence electrons. The van der Waals surface area contributed by atoms with Gasteiger partial charge in [0.1, 0.15) is 23.5 Å². The fourth-order valence-corrected chi connectivity index (χ4v) is 4.05. The van der Waals surface area contributed by atoms with Crippen molar-refractivity contribution in [1.82, 2.24) is 0 Å². The monoisotopic (exact) mass is 535 g/mol. The Morgan fingerprint density at radius 2 is 2.04 bits per heavy atom. The van der Waals surface area contributed by atoms with Crippen molar-refractivity contribution in [2.75, 3.05) is 11.9 Å². The van der Waals surface area contributed by atoms with E-state index < -0.39 is 5.91 Å². The Morgan fingerprint density at radius 3 is 2.67 bits per heavy atom. The molecule has 0 saturated carbocycles. The zero-order chi connectivity index (χ0) is 20.0. The molecule has 7 heteroatoms. The van der Waals surface area contributed by atoms with Crippen molar-refractivity contribution in [2.45, 2.75) is 13.8 Å². The lowest BCUT2D eigenvalue weighted by Gasteiger charge is -2.10. The number of carbonyl (C=O) groups is 1. The van der Waals surface area contributed by atoms with Gasteiger partial charge in [-0.05, 0) is 93.3 Å². The molecular weight excluding hydrogens is 521 g/mol. The molecule has 0 bridgehead atoms. The third-order valence-corrected chi connectivity index (χ3v) is 5.01. The molecule has 0 fully saturated rings. The predicted molar refractivity (Wildman–Crippen MR) is 116 cm³/mol. The minimum absolute atomic E-state index is 0.00991. The van der Waals surface area contributed by atoms with E-state index in [0.717, 1.165) is 14.7 Å². The molecule has 2 aromatic carbocycles. The van der Waals surface area contributed by atoms with Crippen molar-refractivity contribution < 1.29 is 9.53 Å². The normalized spacial score (nSPS) is 10.7. The Balaban J connectivity index is 2.30. The lowest BCUT2D eigenvalue weighted by atomic mass is 10.1. The minimum atomic E-state index is -0.470. The largest absolute Gasteiger partial charge is 0.476 e. The van der Waals surface area contributed by atoms with Crippen LogP contribution < -0.4 is 10.1 Å². The number of aryl methyl sites for hydroxylation is 2. The number of nitrogens with one attached hydrogen (secondary N) is 1. The summed E-state index contributed by atoms with van der Waals surface area (Å²) in [5.74, 6) is 0.0785. The van der Waals surface area contributed by atoms with Gasteiger partial charge in [-0.25, -0.2) is 0 Å². The van der Waals surface area contributed by atoms with E-state index in [1.807, 2.05) is 44.2 Å². The molecule has 27 heavy (non-hydrogen) atoms. The number of nitrogens with zero attached hydrogens (tertiary/aromatic N) is 2. The average molecular weight is 536 g/mol. The Bertz CT molecular complexity index is 980. The summed E-state index contributed by atoms with van der Waals surface area (Å²) in [5, 5.41) is 20.9. The highest BCUT2D eigenvalue weighted by molar-refractivity contribution is 14.1. The van der Waals surface area contributed by atoms with Crippen molar-refractivity contribution >= 4 is 56.2 Å². The number of hydrogen-bond acceptors (Lipinski definition) is 4. The fraction of sp³-hybridized carbons (Fsp3) is 0.150. The molecule has 0 spiro atoms. The van der Waals surface area contributed by atoms with Gasteiger partial charge in [-0.15, -0.1) is 0 Å².